The standard InChI is InChI=1S/C20H25NO2/c1-18(2)14-10-11-19(18,3)16-15(14)21-20(4,17(22)23-16)12-13-8-6-5-7-9-13/h5-9,14,16H,10-12H2,1-4H3/t14-,16-,19+,20-/m1/s1. The maximum atomic E-state index is 12.8. The molecule has 2 fully saturated rings. The van der Waals surface area contributed by atoms with Crippen LogP contribution in [0.1, 0.15) is 46.1 Å². The molecule has 2 saturated carbocycles. The van der Waals surface area contributed by atoms with Gasteiger partial charge in [0, 0.05) is 17.8 Å². The molecule has 0 N–H and O–H groups in total. The Morgan fingerprint density at radius 1 is 1.17 bits per heavy atom. The maximum absolute atomic E-state index is 12.8. The number of aliphatic imine (C=N–C) groups is 1. The number of nitrogens with zero attached hydrogens (tertiary/aromatic N) is 1. The molecule has 2 bridgehead atoms. The molecule has 1 aliphatic heterocycles. The van der Waals surface area contributed by atoms with Gasteiger partial charge in [-0.05, 0) is 30.7 Å². The Balaban J connectivity index is 1.74. The lowest BCUT2D eigenvalue weighted by molar-refractivity contribution is -0.160. The lowest BCUT2D eigenvalue weighted by atomic mass is 9.70. The largest absolute Gasteiger partial charge is 0.454 e. The second kappa shape index (κ2) is 4.46. The lowest BCUT2D eigenvalue weighted by Crippen LogP contribution is -2.51. The molecule has 3 heteroatoms. The zero-order valence-corrected chi connectivity index (χ0v) is 14.4. The average Bonchev–Trinajstić information content (AvgIpc) is 2.81. The minimum atomic E-state index is -0.788. The highest BCUT2D eigenvalue weighted by molar-refractivity contribution is 6.02. The van der Waals surface area contributed by atoms with Gasteiger partial charge in [0.25, 0.3) is 0 Å². The number of hydrogen-bond donors (Lipinski definition) is 0. The molecule has 3 nitrogen and oxygen atoms in total. The second-order valence-corrected chi connectivity index (χ2v) is 8.49. The number of hydrogen-bond acceptors (Lipinski definition) is 3. The number of rotatable bonds is 2. The van der Waals surface area contributed by atoms with Gasteiger partial charge in [0.2, 0.25) is 0 Å². The summed E-state index contributed by atoms with van der Waals surface area (Å²) in [5.74, 6) is 0.278. The first-order valence-electron chi connectivity index (χ1n) is 8.63. The van der Waals surface area contributed by atoms with Crippen LogP contribution in [0.25, 0.3) is 0 Å². The smallest absolute Gasteiger partial charge is 0.334 e. The molecule has 0 amide bonds. The van der Waals surface area contributed by atoms with Crippen molar-refractivity contribution in [1.82, 2.24) is 0 Å². The maximum Gasteiger partial charge on any atom is 0.334 e. The van der Waals surface area contributed by atoms with Crippen LogP contribution in [0, 0.1) is 16.7 Å². The monoisotopic (exact) mass is 311 g/mol. The van der Waals surface area contributed by atoms with Crippen LogP contribution in [0.3, 0.4) is 0 Å². The van der Waals surface area contributed by atoms with E-state index in [1.165, 1.54) is 0 Å². The average molecular weight is 311 g/mol. The van der Waals surface area contributed by atoms with Gasteiger partial charge in [0.05, 0.1) is 5.71 Å². The van der Waals surface area contributed by atoms with Gasteiger partial charge in [0.15, 0.2) is 5.54 Å². The van der Waals surface area contributed by atoms with E-state index in [-0.39, 0.29) is 22.9 Å². The zero-order valence-electron chi connectivity index (χ0n) is 14.4. The lowest BCUT2D eigenvalue weighted by Gasteiger charge is -2.41. The number of benzene rings is 1. The van der Waals surface area contributed by atoms with Crippen molar-refractivity contribution in [3.05, 3.63) is 35.9 Å². The molecule has 23 heavy (non-hydrogen) atoms. The summed E-state index contributed by atoms with van der Waals surface area (Å²) in [6.45, 7) is 8.82. The first-order chi connectivity index (χ1) is 10.8. The van der Waals surface area contributed by atoms with Crippen molar-refractivity contribution in [3.8, 4) is 0 Å². The third kappa shape index (κ3) is 1.82. The number of carbonyl (C=O) groups excluding carboxylic acids is 1. The summed E-state index contributed by atoms with van der Waals surface area (Å²) in [5.41, 5.74) is 1.66. The summed E-state index contributed by atoms with van der Waals surface area (Å²) >= 11 is 0. The van der Waals surface area contributed by atoms with Crippen molar-refractivity contribution in [2.24, 2.45) is 21.7 Å². The van der Waals surface area contributed by atoms with Crippen LogP contribution in [0.15, 0.2) is 35.3 Å². The van der Waals surface area contributed by atoms with E-state index in [4.69, 9.17) is 9.73 Å². The second-order valence-electron chi connectivity index (χ2n) is 8.49. The Morgan fingerprint density at radius 2 is 1.87 bits per heavy atom. The fraction of sp³-hybridized carbons (Fsp3) is 0.600. The Morgan fingerprint density at radius 3 is 2.57 bits per heavy atom. The predicted molar refractivity (Wildman–Crippen MR) is 90.5 cm³/mol. The van der Waals surface area contributed by atoms with E-state index in [1.54, 1.807) is 0 Å². The first kappa shape index (κ1) is 14.9. The number of fused-ring (bicyclic) bond motifs is 5. The molecule has 0 aromatic heterocycles. The molecular formula is C20H25NO2. The van der Waals surface area contributed by atoms with Gasteiger partial charge in [0.1, 0.15) is 6.10 Å². The molecule has 4 rings (SSSR count). The summed E-state index contributed by atoms with van der Waals surface area (Å²) in [6, 6.07) is 10.1. The molecule has 122 valence electrons. The van der Waals surface area contributed by atoms with Crippen LogP contribution >= 0.6 is 0 Å². The Hall–Kier alpha value is -1.64. The summed E-state index contributed by atoms with van der Waals surface area (Å²) in [7, 11) is 0. The summed E-state index contributed by atoms with van der Waals surface area (Å²) in [5, 5.41) is 0. The molecule has 0 spiro atoms. The topological polar surface area (TPSA) is 38.7 Å². The fourth-order valence-corrected chi connectivity index (χ4v) is 5.02. The molecule has 0 radical (unpaired) electrons. The Labute approximate surface area is 138 Å². The van der Waals surface area contributed by atoms with Gasteiger partial charge >= 0.3 is 5.97 Å². The van der Waals surface area contributed by atoms with Crippen molar-refractivity contribution < 1.29 is 9.53 Å². The van der Waals surface area contributed by atoms with Crippen molar-refractivity contribution in [3.63, 3.8) is 0 Å². The van der Waals surface area contributed by atoms with E-state index in [0.29, 0.717) is 12.3 Å². The van der Waals surface area contributed by atoms with E-state index in [2.05, 4.69) is 32.9 Å². The minimum absolute atomic E-state index is 0.0280. The fourth-order valence-electron chi connectivity index (χ4n) is 5.02. The third-order valence-electron chi connectivity index (χ3n) is 6.93. The van der Waals surface area contributed by atoms with Crippen LogP contribution < -0.4 is 0 Å². The van der Waals surface area contributed by atoms with E-state index >= 15 is 0 Å². The molecule has 3 aliphatic rings. The van der Waals surface area contributed by atoms with E-state index in [1.807, 2.05) is 25.1 Å². The van der Waals surface area contributed by atoms with Crippen LogP contribution in [-0.4, -0.2) is 23.3 Å². The molecule has 0 unspecified atom stereocenters. The minimum Gasteiger partial charge on any atom is -0.454 e. The van der Waals surface area contributed by atoms with Crippen molar-refractivity contribution >= 4 is 11.7 Å². The molecule has 0 saturated heterocycles. The highest BCUT2D eigenvalue weighted by atomic mass is 16.6. The molecule has 2 aliphatic carbocycles. The van der Waals surface area contributed by atoms with Gasteiger partial charge in [-0.15, -0.1) is 0 Å². The third-order valence-corrected chi connectivity index (χ3v) is 6.93. The van der Waals surface area contributed by atoms with Gasteiger partial charge in [-0.25, -0.2) is 4.79 Å². The van der Waals surface area contributed by atoms with Crippen LogP contribution in [0.5, 0.6) is 0 Å². The SMILES string of the molecule is CC1(C)[C@@H]2CC[C@@]1(C)[C@@H]1OC(=O)[C@@](C)(Cc3ccccc3)N=C21. The number of ether oxygens (including phenoxy) is 1. The Bertz CT molecular complexity index is 693. The first-order valence-corrected chi connectivity index (χ1v) is 8.63. The van der Waals surface area contributed by atoms with Gasteiger partial charge < -0.3 is 4.74 Å². The van der Waals surface area contributed by atoms with Gasteiger partial charge in [-0.3, -0.25) is 4.99 Å². The van der Waals surface area contributed by atoms with E-state index in [0.717, 1.165) is 24.1 Å². The van der Waals surface area contributed by atoms with Crippen LogP contribution in [0.2, 0.25) is 0 Å². The van der Waals surface area contributed by atoms with Crippen LogP contribution in [-0.2, 0) is 16.0 Å². The van der Waals surface area contributed by atoms with Crippen molar-refractivity contribution in [1.29, 1.82) is 0 Å². The zero-order chi connectivity index (χ0) is 16.5. The summed E-state index contributed by atoms with van der Waals surface area (Å²) < 4.78 is 6.00. The number of carbonyl (C=O) groups is 1. The van der Waals surface area contributed by atoms with E-state index < -0.39 is 5.54 Å². The summed E-state index contributed by atoms with van der Waals surface area (Å²) in [4.78, 5) is 17.8. The molecule has 4 atom stereocenters. The highest BCUT2D eigenvalue weighted by Gasteiger charge is 2.68. The normalized spacial score (nSPS) is 40.5. The summed E-state index contributed by atoms with van der Waals surface area (Å²) in [6.07, 6.45) is 2.77. The predicted octanol–water partition coefficient (Wildman–Crippen LogP) is 3.81. The van der Waals surface area contributed by atoms with E-state index in [9.17, 15) is 4.79 Å². The molecule has 1 aromatic carbocycles. The quantitative estimate of drug-likeness (QED) is 0.779. The Kier molecular flexibility index (Phi) is 2.89. The van der Waals surface area contributed by atoms with Gasteiger partial charge in [-0.2, -0.15) is 0 Å². The van der Waals surface area contributed by atoms with Crippen molar-refractivity contribution in [2.75, 3.05) is 0 Å². The molecular weight excluding hydrogens is 286 g/mol. The van der Waals surface area contributed by atoms with Crippen LogP contribution in [0.4, 0.5) is 0 Å². The molecule has 1 heterocycles. The molecule has 1 aromatic rings. The highest BCUT2D eigenvalue weighted by Crippen LogP contribution is 2.66. The van der Waals surface area contributed by atoms with Gasteiger partial charge in [-0.1, -0.05) is 51.1 Å². The van der Waals surface area contributed by atoms with Crippen molar-refractivity contribution in [2.45, 2.75) is 58.6 Å². The number of esters is 1.